The molecule has 1 saturated heterocycles. The van der Waals surface area contributed by atoms with E-state index in [-0.39, 0.29) is 35.0 Å². The van der Waals surface area contributed by atoms with E-state index in [4.69, 9.17) is 4.74 Å². The minimum absolute atomic E-state index is 0. The lowest BCUT2D eigenvalue weighted by Gasteiger charge is -2.59. The molecule has 7 nitrogen and oxygen atoms in total. The fourth-order valence-corrected chi connectivity index (χ4v) is 3.98. The van der Waals surface area contributed by atoms with E-state index >= 15 is 0 Å². The summed E-state index contributed by atoms with van der Waals surface area (Å²) in [6.45, 7) is 8.56. The molecule has 152 valence electrons. The average molecular weight is 488 g/mol. The molecule has 1 saturated carbocycles. The van der Waals surface area contributed by atoms with E-state index in [9.17, 15) is 0 Å². The standard InChI is InChI=1S/C19H32N6O.HI/c1-18(2)15(12-19(18,3)26-5)24-16(20-4)23-14-8-6-11-25(13-14)17-21-9-7-10-22-17;/h7,9-10,14-15H,6,8,11-13H2,1-5H3,(H2,20,23,24);1H. The van der Waals surface area contributed by atoms with Crippen LogP contribution < -0.4 is 15.5 Å². The molecule has 3 atom stereocenters. The van der Waals surface area contributed by atoms with Gasteiger partial charge < -0.3 is 20.3 Å². The van der Waals surface area contributed by atoms with Crippen molar-refractivity contribution in [2.24, 2.45) is 10.4 Å². The van der Waals surface area contributed by atoms with E-state index in [0.29, 0.717) is 12.1 Å². The predicted octanol–water partition coefficient (Wildman–Crippen LogP) is 2.43. The number of nitrogens with zero attached hydrogens (tertiary/aromatic N) is 4. The molecule has 0 bridgehead atoms. The Morgan fingerprint density at radius 3 is 2.56 bits per heavy atom. The van der Waals surface area contributed by atoms with Gasteiger partial charge in [0.25, 0.3) is 0 Å². The smallest absolute Gasteiger partial charge is 0.225 e. The maximum absolute atomic E-state index is 5.73. The van der Waals surface area contributed by atoms with Gasteiger partial charge in [0.1, 0.15) is 0 Å². The van der Waals surface area contributed by atoms with Crippen LogP contribution in [0.1, 0.15) is 40.0 Å². The SMILES string of the molecule is CN=C(NC1CCCN(c2ncccn2)C1)NC1CC(C)(OC)C1(C)C.I. The Morgan fingerprint density at radius 2 is 1.96 bits per heavy atom. The van der Waals surface area contributed by atoms with E-state index in [1.807, 2.05) is 13.1 Å². The summed E-state index contributed by atoms with van der Waals surface area (Å²) in [6.07, 6.45) is 6.81. The maximum atomic E-state index is 5.73. The fraction of sp³-hybridized carbons (Fsp3) is 0.737. The number of hydrogen-bond acceptors (Lipinski definition) is 5. The lowest BCUT2D eigenvalue weighted by molar-refractivity contribution is -0.176. The van der Waals surface area contributed by atoms with Gasteiger partial charge in [0.05, 0.1) is 5.60 Å². The van der Waals surface area contributed by atoms with Crippen molar-refractivity contribution >= 4 is 35.9 Å². The van der Waals surface area contributed by atoms with E-state index in [1.165, 1.54) is 0 Å². The minimum Gasteiger partial charge on any atom is -0.378 e. The highest BCUT2D eigenvalue weighted by Crippen LogP contribution is 2.51. The summed E-state index contributed by atoms with van der Waals surface area (Å²) >= 11 is 0. The van der Waals surface area contributed by atoms with Crippen LogP contribution in [0.2, 0.25) is 0 Å². The first-order chi connectivity index (χ1) is 12.4. The van der Waals surface area contributed by atoms with E-state index in [2.05, 4.69) is 51.3 Å². The summed E-state index contributed by atoms with van der Waals surface area (Å²) in [4.78, 5) is 15.4. The molecule has 1 aliphatic heterocycles. The molecule has 3 rings (SSSR count). The van der Waals surface area contributed by atoms with Crippen molar-refractivity contribution in [2.75, 3.05) is 32.1 Å². The van der Waals surface area contributed by atoms with Gasteiger partial charge in [0, 0.05) is 57.1 Å². The second kappa shape index (κ2) is 8.89. The molecule has 2 aliphatic rings. The van der Waals surface area contributed by atoms with Crippen LogP contribution in [0, 0.1) is 5.41 Å². The number of methoxy groups -OCH3 is 1. The number of aromatic nitrogens is 2. The Labute approximate surface area is 179 Å². The number of nitrogens with one attached hydrogen (secondary N) is 2. The van der Waals surface area contributed by atoms with Crippen LogP contribution >= 0.6 is 24.0 Å². The molecule has 2 heterocycles. The van der Waals surface area contributed by atoms with Crippen molar-refractivity contribution in [3.63, 3.8) is 0 Å². The zero-order valence-corrected chi connectivity index (χ0v) is 19.4. The molecule has 27 heavy (non-hydrogen) atoms. The first-order valence-corrected chi connectivity index (χ1v) is 9.46. The van der Waals surface area contributed by atoms with Gasteiger partial charge in [-0.2, -0.15) is 0 Å². The van der Waals surface area contributed by atoms with Crippen LogP contribution in [-0.4, -0.2) is 60.9 Å². The maximum Gasteiger partial charge on any atom is 0.225 e. The summed E-state index contributed by atoms with van der Waals surface area (Å²) in [5.74, 6) is 1.67. The molecule has 1 aliphatic carbocycles. The van der Waals surface area contributed by atoms with Crippen molar-refractivity contribution in [1.82, 2.24) is 20.6 Å². The molecule has 1 aromatic rings. The van der Waals surface area contributed by atoms with E-state index < -0.39 is 0 Å². The van der Waals surface area contributed by atoms with Crippen molar-refractivity contribution in [3.8, 4) is 0 Å². The van der Waals surface area contributed by atoms with Crippen LogP contribution in [0.25, 0.3) is 0 Å². The Balaban J connectivity index is 0.00000261. The molecule has 2 N–H and O–H groups in total. The number of guanidine groups is 1. The van der Waals surface area contributed by atoms with Crippen molar-refractivity contribution in [1.29, 1.82) is 0 Å². The summed E-state index contributed by atoms with van der Waals surface area (Å²) in [7, 11) is 3.63. The monoisotopic (exact) mass is 488 g/mol. The van der Waals surface area contributed by atoms with Crippen molar-refractivity contribution < 1.29 is 4.74 Å². The Bertz CT molecular complexity index is 640. The quantitative estimate of drug-likeness (QED) is 0.386. The van der Waals surface area contributed by atoms with Crippen LogP contribution in [0.4, 0.5) is 5.95 Å². The lowest BCUT2D eigenvalue weighted by atomic mass is 9.56. The van der Waals surface area contributed by atoms with Gasteiger partial charge in [-0.05, 0) is 32.3 Å². The van der Waals surface area contributed by atoms with Gasteiger partial charge in [0.15, 0.2) is 5.96 Å². The van der Waals surface area contributed by atoms with E-state index in [0.717, 1.165) is 44.3 Å². The van der Waals surface area contributed by atoms with Crippen LogP contribution in [0.5, 0.6) is 0 Å². The topological polar surface area (TPSA) is 74.7 Å². The third-order valence-corrected chi connectivity index (χ3v) is 6.41. The highest BCUT2D eigenvalue weighted by atomic mass is 127. The first-order valence-electron chi connectivity index (χ1n) is 9.46. The lowest BCUT2D eigenvalue weighted by Crippen LogP contribution is -2.70. The fourth-order valence-electron chi connectivity index (χ4n) is 3.98. The van der Waals surface area contributed by atoms with Gasteiger partial charge in [0.2, 0.25) is 5.95 Å². The Hall–Kier alpha value is -1.16. The molecule has 0 radical (unpaired) electrons. The van der Waals surface area contributed by atoms with E-state index in [1.54, 1.807) is 19.5 Å². The molecule has 1 aromatic heterocycles. The molecule has 0 aromatic carbocycles. The molecule has 0 spiro atoms. The molecular formula is C19H33IN6O. The van der Waals surface area contributed by atoms with Crippen molar-refractivity contribution in [2.45, 2.75) is 57.7 Å². The number of halogens is 1. The number of piperidine rings is 1. The molecule has 8 heteroatoms. The summed E-state index contributed by atoms with van der Waals surface area (Å²) in [6, 6.07) is 2.52. The molecular weight excluding hydrogens is 455 g/mol. The Kier molecular flexibility index (Phi) is 7.29. The highest BCUT2D eigenvalue weighted by Gasteiger charge is 2.58. The van der Waals surface area contributed by atoms with Crippen LogP contribution in [0.15, 0.2) is 23.5 Å². The third kappa shape index (κ3) is 4.47. The van der Waals surface area contributed by atoms with Crippen LogP contribution in [0.3, 0.4) is 0 Å². The zero-order chi connectivity index (χ0) is 18.8. The van der Waals surface area contributed by atoms with Crippen molar-refractivity contribution in [3.05, 3.63) is 18.5 Å². The molecule has 2 fully saturated rings. The van der Waals surface area contributed by atoms with Crippen LogP contribution in [-0.2, 0) is 4.74 Å². The van der Waals surface area contributed by atoms with Gasteiger partial charge >= 0.3 is 0 Å². The highest BCUT2D eigenvalue weighted by molar-refractivity contribution is 14.0. The Morgan fingerprint density at radius 1 is 1.26 bits per heavy atom. The zero-order valence-electron chi connectivity index (χ0n) is 17.0. The summed E-state index contributed by atoms with van der Waals surface area (Å²) in [5.41, 5.74) is -0.0361. The number of anilines is 1. The third-order valence-electron chi connectivity index (χ3n) is 6.41. The second-order valence-electron chi connectivity index (χ2n) is 8.11. The largest absolute Gasteiger partial charge is 0.378 e. The first kappa shape index (κ1) is 22.1. The average Bonchev–Trinajstić information content (AvgIpc) is 2.67. The second-order valence-corrected chi connectivity index (χ2v) is 8.11. The van der Waals surface area contributed by atoms with Gasteiger partial charge in [-0.15, -0.1) is 24.0 Å². The molecule has 3 unspecified atom stereocenters. The number of hydrogen-bond donors (Lipinski definition) is 2. The minimum atomic E-state index is -0.0875. The van der Waals surface area contributed by atoms with Gasteiger partial charge in [-0.3, -0.25) is 4.99 Å². The number of ether oxygens (including phenoxy) is 1. The predicted molar refractivity (Wildman–Crippen MR) is 120 cm³/mol. The number of aliphatic imine (C=N–C) groups is 1. The summed E-state index contributed by atoms with van der Waals surface area (Å²) < 4.78 is 5.73. The summed E-state index contributed by atoms with van der Waals surface area (Å²) in [5, 5.41) is 7.18. The van der Waals surface area contributed by atoms with Gasteiger partial charge in [-0.1, -0.05) is 13.8 Å². The molecule has 0 amide bonds. The number of rotatable bonds is 4. The van der Waals surface area contributed by atoms with Gasteiger partial charge in [-0.25, -0.2) is 9.97 Å². The normalized spacial score (nSPS) is 30.1.